The van der Waals surface area contributed by atoms with Crippen molar-refractivity contribution in [2.75, 3.05) is 49.7 Å². The van der Waals surface area contributed by atoms with Crippen molar-refractivity contribution in [2.24, 2.45) is 11.8 Å². The molecule has 0 aromatic carbocycles. The van der Waals surface area contributed by atoms with Crippen LogP contribution in [0, 0.1) is 11.8 Å². The molecule has 6 nitrogen and oxygen atoms in total. The molecule has 0 radical (unpaired) electrons. The fourth-order valence-corrected chi connectivity index (χ4v) is 2.64. The minimum Gasteiger partial charge on any atom is -0.378 e. The van der Waals surface area contributed by atoms with E-state index in [4.69, 9.17) is 16.3 Å². The summed E-state index contributed by atoms with van der Waals surface area (Å²) in [4.78, 5) is 17.2. The summed E-state index contributed by atoms with van der Waals surface area (Å²) in [6.45, 7) is 6.25. The smallest absolute Gasteiger partial charge is 0.231 e. The van der Waals surface area contributed by atoms with Gasteiger partial charge in [-0.2, -0.15) is 15.0 Å². The lowest BCUT2D eigenvalue weighted by Crippen LogP contribution is -2.38. The monoisotopic (exact) mass is 297 g/mol. The Morgan fingerprint density at radius 3 is 2.65 bits per heavy atom. The lowest BCUT2D eigenvalue weighted by molar-refractivity contribution is 0.122. The van der Waals surface area contributed by atoms with Crippen molar-refractivity contribution >= 4 is 23.5 Å². The number of nitrogens with zero attached hydrogens (tertiary/aromatic N) is 5. The number of morpholine rings is 1. The summed E-state index contributed by atoms with van der Waals surface area (Å²) >= 11 is 6.05. The molecule has 3 rings (SSSR count). The van der Waals surface area contributed by atoms with Gasteiger partial charge in [0.25, 0.3) is 0 Å². The van der Waals surface area contributed by atoms with Crippen molar-refractivity contribution in [3.63, 3.8) is 0 Å². The predicted octanol–water partition coefficient (Wildman–Crippen LogP) is 1.45. The van der Waals surface area contributed by atoms with Crippen LogP contribution in [-0.2, 0) is 4.74 Å². The van der Waals surface area contributed by atoms with Crippen LogP contribution in [0.1, 0.15) is 13.3 Å². The quantitative estimate of drug-likeness (QED) is 0.838. The fraction of sp³-hybridized carbons (Fsp3) is 0.769. The van der Waals surface area contributed by atoms with E-state index in [1.165, 1.54) is 6.42 Å². The minimum absolute atomic E-state index is 0.257. The summed E-state index contributed by atoms with van der Waals surface area (Å²) in [5, 5.41) is 0.257. The maximum absolute atomic E-state index is 6.05. The van der Waals surface area contributed by atoms with Gasteiger partial charge in [-0.25, -0.2) is 0 Å². The highest BCUT2D eigenvalue weighted by Crippen LogP contribution is 2.38. The third-order valence-corrected chi connectivity index (χ3v) is 4.17. The Morgan fingerprint density at radius 2 is 2.00 bits per heavy atom. The van der Waals surface area contributed by atoms with Gasteiger partial charge in [0.1, 0.15) is 0 Å². The second-order valence-electron chi connectivity index (χ2n) is 5.66. The molecule has 0 bridgehead atoms. The van der Waals surface area contributed by atoms with Crippen LogP contribution < -0.4 is 9.80 Å². The van der Waals surface area contributed by atoms with Crippen molar-refractivity contribution in [2.45, 2.75) is 13.3 Å². The Hall–Kier alpha value is -1.14. The van der Waals surface area contributed by atoms with E-state index < -0.39 is 0 Å². The van der Waals surface area contributed by atoms with Gasteiger partial charge in [0.2, 0.25) is 17.2 Å². The SMILES string of the molecule is CC1CC1CN(C)c1nc(Cl)nc(N2CCOCC2)n1. The third-order valence-electron chi connectivity index (χ3n) is 4.00. The molecule has 0 spiro atoms. The summed E-state index contributed by atoms with van der Waals surface area (Å²) in [7, 11) is 2.01. The van der Waals surface area contributed by atoms with E-state index in [0.717, 1.165) is 31.5 Å². The van der Waals surface area contributed by atoms with E-state index in [9.17, 15) is 0 Å². The number of hydrogen-bond acceptors (Lipinski definition) is 6. The van der Waals surface area contributed by atoms with Crippen LogP contribution >= 0.6 is 11.6 Å². The summed E-state index contributed by atoms with van der Waals surface area (Å²) in [6, 6.07) is 0. The van der Waals surface area contributed by atoms with E-state index in [-0.39, 0.29) is 5.28 Å². The van der Waals surface area contributed by atoms with Gasteiger partial charge in [0.15, 0.2) is 0 Å². The van der Waals surface area contributed by atoms with E-state index in [0.29, 0.717) is 25.1 Å². The molecule has 2 aliphatic rings. The molecule has 0 amide bonds. The van der Waals surface area contributed by atoms with Gasteiger partial charge in [-0.15, -0.1) is 0 Å². The topological polar surface area (TPSA) is 54.4 Å². The molecular weight excluding hydrogens is 278 g/mol. The van der Waals surface area contributed by atoms with Crippen molar-refractivity contribution in [1.82, 2.24) is 15.0 Å². The van der Waals surface area contributed by atoms with Crippen LogP contribution in [-0.4, -0.2) is 54.8 Å². The minimum atomic E-state index is 0.257. The van der Waals surface area contributed by atoms with Crippen LogP contribution in [0.4, 0.5) is 11.9 Å². The van der Waals surface area contributed by atoms with Crippen LogP contribution in [0.5, 0.6) is 0 Å². The van der Waals surface area contributed by atoms with Gasteiger partial charge in [0.05, 0.1) is 13.2 Å². The van der Waals surface area contributed by atoms with Gasteiger partial charge in [0, 0.05) is 26.7 Å². The number of anilines is 2. The van der Waals surface area contributed by atoms with Crippen LogP contribution in [0.3, 0.4) is 0 Å². The predicted molar refractivity (Wildman–Crippen MR) is 78.4 cm³/mol. The molecular formula is C13H20ClN5O. The highest BCUT2D eigenvalue weighted by molar-refractivity contribution is 6.28. The normalized spacial score (nSPS) is 25.6. The highest BCUT2D eigenvalue weighted by Gasteiger charge is 2.33. The first-order valence-corrected chi connectivity index (χ1v) is 7.46. The maximum atomic E-state index is 6.05. The Bertz CT molecular complexity index is 480. The molecule has 1 aromatic heterocycles. The van der Waals surface area contributed by atoms with E-state index >= 15 is 0 Å². The zero-order chi connectivity index (χ0) is 14.1. The molecule has 2 atom stereocenters. The van der Waals surface area contributed by atoms with Crippen molar-refractivity contribution in [1.29, 1.82) is 0 Å². The summed E-state index contributed by atoms with van der Waals surface area (Å²) in [5.74, 6) is 2.88. The summed E-state index contributed by atoms with van der Waals surface area (Å²) < 4.78 is 5.35. The van der Waals surface area contributed by atoms with Crippen molar-refractivity contribution in [3.8, 4) is 0 Å². The number of aromatic nitrogens is 3. The van der Waals surface area contributed by atoms with E-state index in [2.05, 4.69) is 31.7 Å². The maximum Gasteiger partial charge on any atom is 0.231 e. The molecule has 20 heavy (non-hydrogen) atoms. The molecule has 1 aliphatic heterocycles. The number of hydrogen-bond donors (Lipinski definition) is 0. The molecule has 1 aromatic rings. The molecule has 7 heteroatoms. The molecule has 2 heterocycles. The van der Waals surface area contributed by atoms with Gasteiger partial charge in [-0.1, -0.05) is 6.92 Å². The third kappa shape index (κ3) is 3.12. The summed E-state index contributed by atoms with van der Waals surface area (Å²) in [5.41, 5.74) is 0. The Morgan fingerprint density at radius 1 is 1.30 bits per heavy atom. The number of rotatable bonds is 4. The highest BCUT2D eigenvalue weighted by atomic mass is 35.5. The Kier molecular flexibility index (Phi) is 3.94. The standard InChI is InChI=1S/C13H20ClN5O/c1-9-7-10(9)8-18(2)12-15-11(14)16-13(17-12)19-3-5-20-6-4-19/h9-10H,3-8H2,1-2H3. The zero-order valence-corrected chi connectivity index (χ0v) is 12.7. The molecule has 1 saturated carbocycles. The van der Waals surface area contributed by atoms with Crippen LogP contribution in [0.2, 0.25) is 5.28 Å². The first-order chi connectivity index (χ1) is 9.63. The van der Waals surface area contributed by atoms with Crippen molar-refractivity contribution < 1.29 is 4.74 Å². The molecule has 110 valence electrons. The average Bonchev–Trinajstić information content (AvgIpc) is 3.14. The van der Waals surface area contributed by atoms with Crippen LogP contribution in [0.15, 0.2) is 0 Å². The second kappa shape index (κ2) is 5.69. The first kappa shape index (κ1) is 13.8. The average molecular weight is 298 g/mol. The largest absolute Gasteiger partial charge is 0.378 e. The lowest BCUT2D eigenvalue weighted by Gasteiger charge is -2.27. The molecule has 1 saturated heterocycles. The summed E-state index contributed by atoms with van der Waals surface area (Å²) in [6.07, 6.45) is 1.29. The number of ether oxygens (including phenoxy) is 1. The van der Waals surface area contributed by atoms with E-state index in [1.807, 2.05) is 7.05 Å². The molecule has 0 N–H and O–H groups in total. The van der Waals surface area contributed by atoms with Gasteiger partial charge in [-0.05, 0) is 29.9 Å². The lowest BCUT2D eigenvalue weighted by atomic mass is 10.3. The molecule has 2 unspecified atom stereocenters. The van der Waals surface area contributed by atoms with Gasteiger partial charge >= 0.3 is 0 Å². The van der Waals surface area contributed by atoms with Gasteiger partial charge in [-0.3, -0.25) is 0 Å². The first-order valence-electron chi connectivity index (χ1n) is 7.09. The number of halogens is 1. The fourth-order valence-electron chi connectivity index (χ4n) is 2.49. The van der Waals surface area contributed by atoms with E-state index in [1.54, 1.807) is 0 Å². The molecule has 1 aliphatic carbocycles. The molecule has 2 fully saturated rings. The van der Waals surface area contributed by atoms with Crippen molar-refractivity contribution in [3.05, 3.63) is 5.28 Å². The Labute approximate surface area is 124 Å². The van der Waals surface area contributed by atoms with Gasteiger partial charge < -0.3 is 14.5 Å². The van der Waals surface area contributed by atoms with Crippen LogP contribution in [0.25, 0.3) is 0 Å². The second-order valence-corrected chi connectivity index (χ2v) is 6.00. The zero-order valence-electron chi connectivity index (χ0n) is 11.9. The Balaban J connectivity index is 1.74.